The largest absolute Gasteiger partial charge is 0.364 e. The summed E-state index contributed by atoms with van der Waals surface area (Å²) in [5.41, 5.74) is 1.18. The third-order valence-electron chi connectivity index (χ3n) is 3.94. The highest BCUT2D eigenvalue weighted by molar-refractivity contribution is 6.30. The van der Waals surface area contributed by atoms with E-state index in [4.69, 9.17) is 11.6 Å². The lowest BCUT2D eigenvalue weighted by molar-refractivity contribution is 0.244. The predicted octanol–water partition coefficient (Wildman–Crippen LogP) is 2.73. The van der Waals surface area contributed by atoms with Crippen molar-refractivity contribution in [2.24, 2.45) is 0 Å². The number of amides is 1. The Bertz CT molecular complexity index is 978. The van der Waals surface area contributed by atoms with E-state index in [1.54, 1.807) is 29.2 Å². The molecule has 0 aliphatic carbocycles. The fraction of sp³-hybridized carbons (Fsp3) is 0.118. The molecule has 1 aliphatic heterocycles. The molecular weight excluding hydrogens is 328 g/mol. The van der Waals surface area contributed by atoms with E-state index in [1.165, 1.54) is 9.36 Å². The van der Waals surface area contributed by atoms with Crippen molar-refractivity contribution in [2.45, 2.75) is 13.1 Å². The zero-order valence-corrected chi connectivity index (χ0v) is 13.3. The number of hydrogen-bond acceptors (Lipinski definition) is 3. The summed E-state index contributed by atoms with van der Waals surface area (Å²) in [7, 11) is 0. The van der Waals surface area contributed by atoms with Crippen LogP contribution in [0.4, 0.5) is 10.5 Å². The number of benzene rings is 2. The lowest BCUT2D eigenvalue weighted by atomic mass is 10.2. The summed E-state index contributed by atoms with van der Waals surface area (Å²) >= 11 is 6.00. The lowest BCUT2D eigenvalue weighted by Gasteiger charge is -2.16. The Labute approximate surface area is 142 Å². The first kappa shape index (κ1) is 14.7. The highest BCUT2D eigenvalue weighted by Gasteiger charge is 2.33. The molecule has 1 amide bonds. The second-order valence-electron chi connectivity index (χ2n) is 5.51. The van der Waals surface area contributed by atoms with Crippen molar-refractivity contribution < 1.29 is 4.79 Å². The van der Waals surface area contributed by atoms with Crippen LogP contribution in [0.3, 0.4) is 0 Å². The summed E-state index contributed by atoms with van der Waals surface area (Å²) in [6.07, 6.45) is 0. The van der Waals surface area contributed by atoms with Gasteiger partial charge in [-0.25, -0.2) is 14.3 Å². The average Bonchev–Trinajstić information content (AvgIpc) is 3.05. The summed E-state index contributed by atoms with van der Waals surface area (Å²) < 4.78 is 2.70. The Hall–Kier alpha value is -2.86. The summed E-state index contributed by atoms with van der Waals surface area (Å²) in [5, 5.41) is 0.548. The topological polar surface area (TPSA) is 60.1 Å². The van der Waals surface area contributed by atoms with Crippen molar-refractivity contribution in [3.8, 4) is 0 Å². The van der Waals surface area contributed by atoms with Gasteiger partial charge in [0.1, 0.15) is 0 Å². The fourth-order valence-electron chi connectivity index (χ4n) is 2.82. The number of carbonyl (C=O) groups is 1. The second-order valence-corrected chi connectivity index (χ2v) is 5.95. The van der Waals surface area contributed by atoms with Crippen molar-refractivity contribution in [3.05, 3.63) is 81.5 Å². The van der Waals surface area contributed by atoms with Crippen LogP contribution >= 0.6 is 11.6 Å². The van der Waals surface area contributed by atoms with Gasteiger partial charge in [0.2, 0.25) is 0 Å². The first-order valence-electron chi connectivity index (χ1n) is 7.43. The maximum Gasteiger partial charge on any atom is 0.364 e. The third kappa shape index (κ3) is 2.41. The molecule has 0 spiro atoms. The molecule has 120 valence electrons. The average molecular weight is 341 g/mol. The van der Waals surface area contributed by atoms with Crippen molar-refractivity contribution in [3.63, 3.8) is 0 Å². The summed E-state index contributed by atoms with van der Waals surface area (Å²) in [5.74, 6) is 0.431. The molecule has 0 bridgehead atoms. The molecule has 0 atom stereocenters. The van der Waals surface area contributed by atoms with E-state index >= 15 is 0 Å². The Morgan fingerprint density at radius 2 is 1.83 bits per heavy atom. The van der Waals surface area contributed by atoms with Crippen LogP contribution in [0.1, 0.15) is 11.4 Å². The van der Waals surface area contributed by atoms with Crippen molar-refractivity contribution in [2.75, 3.05) is 4.90 Å². The molecule has 1 aliphatic rings. The lowest BCUT2D eigenvalue weighted by Crippen LogP contribution is -2.34. The number of anilines is 1. The molecule has 0 radical (unpaired) electrons. The molecule has 0 saturated carbocycles. The molecule has 3 aromatic rings. The van der Waals surface area contributed by atoms with Crippen LogP contribution in [-0.4, -0.2) is 20.4 Å². The Morgan fingerprint density at radius 3 is 2.58 bits per heavy atom. The van der Waals surface area contributed by atoms with E-state index in [9.17, 15) is 9.59 Å². The highest BCUT2D eigenvalue weighted by atomic mass is 35.5. The van der Waals surface area contributed by atoms with Gasteiger partial charge in [0.15, 0.2) is 5.82 Å². The first-order chi connectivity index (χ1) is 11.6. The van der Waals surface area contributed by atoms with Gasteiger partial charge >= 0.3 is 11.7 Å². The quantitative estimate of drug-likeness (QED) is 0.736. The fourth-order valence-corrected chi connectivity index (χ4v) is 3.00. The molecule has 1 aromatic heterocycles. The summed E-state index contributed by atoms with van der Waals surface area (Å²) in [6, 6.07) is 16.2. The predicted molar refractivity (Wildman–Crippen MR) is 90.5 cm³/mol. The minimum absolute atomic E-state index is 0.246. The van der Waals surface area contributed by atoms with Crippen LogP contribution in [0.2, 0.25) is 5.02 Å². The van der Waals surface area contributed by atoms with Gasteiger partial charge in [0, 0.05) is 10.7 Å². The number of halogens is 1. The third-order valence-corrected chi connectivity index (χ3v) is 4.17. The highest BCUT2D eigenvalue weighted by Crippen LogP contribution is 2.25. The number of nitrogens with zero attached hydrogens (tertiary/aromatic N) is 4. The van der Waals surface area contributed by atoms with E-state index < -0.39 is 5.69 Å². The van der Waals surface area contributed by atoms with Gasteiger partial charge in [-0.15, -0.1) is 0 Å². The van der Waals surface area contributed by atoms with Crippen molar-refractivity contribution in [1.29, 1.82) is 0 Å². The number of aromatic nitrogens is 3. The molecule has 7 heteroatoms. The van der Waals surface area contributed by atoms with Gasteiger partial charge in [0.05, 0.1) is 13.1 Å². The van der Waals surface area contributed by atoms with Crippen LogP contribution in [0.25, 0.3) is 0 Å². The smallest absolute Gasteiger partial charge is 0.285 e. The first-order valence-corrected chi connectivity index (χ1v) is 7.81. The number of hydrogen-bond donors (Lipinski definition) is 0. The molecular formula is C17H13ClN4O2. The van der Waals surface area contributed by atoms with Crippen molar-refractivity contribution >= 4 is 23.3 Å². The van der Waals surface area contributed by atoms with Crippen LogP contribution in [0.15, 0.2) is 59.4 Å². The Kier molecular flexibility index (Phi) is 3.46. The standard InChI is InChI=1S/C17H13ClN4O2/c18-13-7-4-8-14(9-13)20-11-15-19-16(23)21(22(15)17(20)24)10-12-5-2-1-3-6-12/h1-9H,10-11H2. The second kappa shape index (κ2) is 5.65. The molecule has 4 rings (SSSR count). The van der Waals surface area contributed by atoms with E-state index in [2.05, 4.69) is 4.98 Å². The van der Waals surface area contributed by atoms with E-state index in [0.717, 1.165) is 5.56 Å². The molecule has 0 fully saturated rings. The van der Waals surface area contributed by atoms with Gasteiger partial charge < -0.3 is 0 Å². The number of fused-ring (bicyclic) bond motifs is 1. The zero-order chi connectivity index (χ0) is 16.7. The Morgan fingerprint density at radius 1 is 1.04 bits per heavy atom. The maximum absolute atomic E-state index is 12.8. The van der Waals surface area contributed by atoms with Crippen LogP contribution in [-0.2, 0) is 13.1 Å². The minimum atomic E-state index is -0.423. The maximum atomic E-state index is 12.8. The summed E-state index contributed by atoms with van der Waals surface area (Å²) in [4.78, 5) is 30.5. The Balaban J connectivity index is 1.71. The van der Waals surface area contributed by atoms with Gasteiger partial charge in [-0.2, -0.15) is 9.67 Å². The minimum Gasteiger partial charge on any atom is -0.285 e. The molecule has 0 N–H and O–H groups in total. The van der Waals surface area contributed by atoms with Gasteiger partial charge in [0.25, 0.3) is 0 Å². The van der Waals surface area contributed by atoms with E-state index in [0.29, 0.717) is 23.1 Å². The molecule has 2 heterocycles. The summed E-state index contributed by atoms with van der Waals surface area (Å²) in [6.45, 7) is 0.540. The number of carbonyl (C=O) groups excluding carboxylic acids is 1. The number of rotatable bonds is 3. The molecule has 2 aromatic carbocycles. The normalized spacial score (nSPS) is 13.4. The van der Waals surface area contributed by atoms with Crippen LogP contribution < -0.4 is 10.6 Å². The van der Waals surface area contributed by atoms with Gasteiger partial charge in [-0.05, 0) is 23.8 Å². The zero-order valence-electron chi connectivity index (χ0n) is 12.6. The van der Waals surface area contributed by atoms with Gasteiger partial charge in [-0.1, -0.05) is 48.0 Å². The van der Waals surface area contributed by atoms with Gasteiger partial charge in [-0.3, -0.25) is 4.90 Å². The van der Waals surface area contributed by atoms with E-state index in [1.807, 2.05) is 30.3 Å². The molecule has 6 nitrogen and oxygen atoms in total. The monoisotopic (exact) mass is 340 g/mol. The molecule has 24 heavy (non-hydrogen) atoms. The molecule has 0 saturated heterocycles. The van der Waals surface area contributed by atoms with Crippen molar-refractivity contribution in [1.82, 2.24) is 14.3 Å². The molecule has 0 unspecified atom stereocenters. The van der Waals surface area contributed by atoms with Crippen LogP contribution in [0.5, 0.6) is 0 Å². The SMILES string of the molecule is O=C1N(c2cccc(Cl)c2)Cc2nc(=O)n(Cc3ccccc3)n21. The van der Waals surface area contributed by atoms with Crippen LogP contribution in [0, 0.1) is 0 Å². The van der Waals surface area contributed by atoms with E-state index in [-0.39, 0.29) is 12.6 Å².